The van der Waals surface area contributed by atoms with Crippen LogP contribution in [0.3, 0.4) is 0 Å². The van der Waals surface area contributed by atoms with Crippen molar-refractivity contribution in [2.45, 2.75) is 4.90 Å². The zero-order valence-electron chi connectivity index (χ0n) is 12.6. The molecule has 2 aromatic carbocycles. The summed E-state index contributed by atoms with van der Waals surface area (Å²) in [6.07, 6.45) is 0. The third-order valence-corrected chi connectivity index (χ3v) is 4.42. The lowest BCUT2D eigenvalue weighted by Crippen LogP contribution is -2.30. The fourth-order valence-corrected chi connectivity index (χ4v) is 3.07. The van der Waals surface area contributed by atoms with Gasteiger partial charge in [0.15, 0.2) is 0 Å². The number of anilines is 1. The largest absolute Gasteiger partial charge is 0.495 e. The Bertz CT molecular complexity index is 819. The van der Waals surface area contributed by atoms with Gasteiger partial charge in [0.05, 0.1) is 19.9 Å². The molecule has 0 aliphatic carbocycles. The number of nitrogen functional groups attached to an aromatic ring is 1. The van der Waals surface area contributed by atoms with Crippen molar-refractivity contribution < 1.29 is 22.7 Å². The lowest BCUT2D eigenvalue weighted by atomic mass is 10.2. The van der Waals surface area contributed by atoms with Crippen LogP contribution in [-0.4, -0.2) is 28.5 Å². The molecular formula is C15H16N2O5S. The number of methoxy groups -OCH3 is 2. The molecule has 3 N–H and O–H groups in total. The van der Waals surface area contributed by atoms with Crippen LogP contribution in [0.5, 0.6) is 11.5 Å². The van der Waals surface area contributed by atoms with Crippen LogP contribution in [0, 0.1) is 0 Å². The van der Waals surface area contributed by atoms with Crippen LogP contribution in [0.2, 0.25) is 0 Å². The number of nitrogens with two attached hydrogens (primary N) is 1. The van der Waals surface area contributed by atoms with Gasteiger partial charge in [-0.2, -0.15) is 0 Å². The number of sulfonamides is 1. The Morgan fingerprint density at radius 1 is 1.04 bits per heavy atom. The lowest BCUT2D eigenvalue weighted by molar-refractivity contribution is 0.0981. The van der Waals surface area contributed by atoms with Gasteiger partial charge in [-0.3, -0.25) is 4.79 Å². The monoisotopic (exact) mass is 336 g/mol. The molecule has 0 radical (unpaired) electrons. The number of nitrogens with one attached hydrogen (secondary N) is 1. The molecular weight excluding hydrogens is 320 g/mol. The molecule has 2 aromatic rings. The van der Waals surface area contributed by atoms with Crippen molar-refractivity contribution in [1.82, 2.24) is 4.72 Å². The molecule has 8 heteroatoms. The van der Waals surface area contributed by atoms with E-state index in [2.05, 4.69) is 0 Å². The van der Waals surface area contributed by atoms with Crippen LogP contribution in [-0.2, 0) is 10.0 Å². The molecule has 0 aliphatic rings. The molecule has 23 heavy (non-hydrogen) atoms. The number of carbonyl (C=O) groups excluding carboxylic acids is 1. The number of hydrogen-bond acceptors (Lipinski definition) is 6. The van der Waals surface area contributed by atoms with Gasteiger partial charge in [0, 0.05) is 17.7 Å². The van der Waals surface area contributed by atoms with E-state index in [0.29, 0.717) is 0 Å². The summed E-state index contributed by atoms with van der Waals surface area (Å²) in [5, 5.41) is 0. The first-order valence-electron chi connectivity index (χ1n) is 6.52. The maximum absolute atomic E-state index is 12.5. The summed E-state index contributed by atoms with van der Waals surface area (Å²) in [7, 11) is -1.50. The standard InChI is InChI=1S/C15H16N2O5S/c1-21-12-9-14(13(22-2)8-11(12)16)23(19,20)17-15(18)10-6-4-3-5-7-10/h3-9H,16H2,1-2H3,(H,17,18). The smallest absolute Gasteiger partial charge is 0.268 e. The number of rotatable bonds is 5. The highest BCUT2D eigenvalue weighted by Crippen LogP contribution is 2.33. The first-order chi connectivity index (χ1) is 10.9. The quantitative estimate of drug-likeness (QED) is 0.799. The van der Waals surface area contributed by atoms with Crippen molar-refractivity contribution in [3.8, 4) is 11.5 Å². The molecule has 0 atom stereocenters. The van der Waals surface area contributed by atoms with E-state index in [4.69, 9.17) is 15.2 Å². The second-order valence-electron chi connectivity index (χ2n) is 4.55. The van der Waals surface area contributed by atoms with Crippen molar-refractivity contribution >= 4 is 21.6 Å². The minimum atomic E-state index is -4.16. The Hall–Kier alpha value is -2.74. The second kappa shape index (κ2) is 6.57. The molecule has 0 fully saturated rings. The number of ether oxygens (including phenoxy) is 2. The van der Waals surface area contributed by atoms with Crippen LogP contribution >= 0.6 is 0 Å². The average Bonchev–Trinajstić information content (AvgIpc) is 2.54. The van der Waals surface area contributed by atoms with E-state index in [-0.39, 0.29) is 27.6 Å². The normalized spacial score (nSPS) is 10.9. The fourth-order valence-electron chi connectivity index (χ4n) is 1.93. The molecule has 0 aliphatic heterocycles. The average molecular weight is 336 g/mol. The molecule has 0 saturated heterocycles. The Labute approximate surface area is 134 Å². The van der Waals surface area contributed by atoms with Crippen molar-refractivity contribution in [2.24, 2.45) is 0 Å². The summed E-state index contributed by atoms with van der Waals surface area (Å²) in [6.45, 7) is 0. The van der Waals surface area contributed by atoms with Gasteiger partial charge in [-0.25, -0.2) is 13.1 Å². The summed E-state index contributed by atoms with van der Waals surface area (Å²) in [5.41, 5.74) is 6.16. The first-order valence-corrected chi connectivity index (χ1v) is 8.01. The van der Waals surface area contributed by atoms with Crippen LogP contribution in [0.15, 0.2) is 47.4 Å². The highest BCUT2D eigenvalue weighted by molar-refractivity contribution is 7.90. The van der Waals surface area contributed by atoms with E-state index < -0.39 is 15.9 Å². The predicted octanol–water partition coefficient (Wildman–Crippen LogP) is 1.40. The number of carbonyl (C=O) groups is 1. The van der Waals surface area contributed by atoms with Gasteiger partial charge in [0.1, 0.15) is 16.4 Å². The van der Waals surface area contributed by atoms with Gasteiger partial charge in [0.25, 0.3) is 15.9 Å². The third kappa shape index (κ3) is 3.54. The maximum Gasteiger partial charge on any atom is 0.268 e. The van der Waals surface area contributed by atoms with E-state index >= 15 is 0 Å². The molecule has 7 nitrogen and oxygen atoms in total. The topological polar surface area (TPSA) is 108 Å². The zero-order chi connectivity index (χ0) is 17.0. The maximum atomic E-state index is 12.5. The van der Waals surface area contributed by atoms with E-state index in [9.17, 15) is 13.2 Å². The zero-order valence-corrected chi connectivity index (χ0v) is 13.4. The summed E-state index contributed by atoms with van der Waals surface area (Å²) < 4.78 is 37.0. The van der Waals surface area contributed by atoms with Gasteiger partial charge >= 0.3 is 0 Å². The van der Waals surface area contributed by atoms with Gasteiger partial charge in [-0.15, -0.1) is 0 Å². The molecule has 0 heterocycles. The molecule has 2 rings (SSSR count). The highest BCUT2D eigenvalue weighted by atomic mass is 32.2. The third-order valence-electron chi connectivity index (χ3n) is 3.07. The van der Waals surface area contributed by atoms with Crippen molar-refractivity contribution in [2.75, 3.05) is 20.0 Å². The number of hydrogen-bond donors (Lipinski definition) is 2. The second-order valence-corrected chi connectivity index (χ2v) is 6.20. The number of benzene rings is 2. The Kier molecular flexibility index (Phi) is 4.75. The summed E-state index contributed by atoms with van der Waals surface area (Å²) in [4.78, 5) is 11.8. The minimum Gasteiger partial charge on any atom is -0.495 e. The molecule has 0 unspecified atom stereocenters. The van der Waals surface area contributed by atoms with E-state index in [1.807, 2.05) is 4.72 Å². The van der Waals surface area contributed by atoms with Crippen LogP contribution in [0.4, 0.5) is 5.69 Å². The first kappa shape index (κ1) is 16.6. The summed E-state index contributed by atoms with van der Waals surface area (Å²) in [5.74, 6) is -0.571. The Morgan fingerprint density at radius 2 is 1.65 bits per heavy atom. The molecule has 0 bridgehead atoms. The molecule has 1 amide bonds. The summed E-state index contributed by atoms with van der Waals surface area (Å²) in [6, 6.07) is 10.5. The van der Waals surface area contributed by atoms with E-state index in [1.54, 1.807) is 18.2 Å². The highest BCUT2D eigenvalue weighted by Gasteiger charge is 2.24. The Morgan fingerprint density at radius 3 is 2.22 bits per heavy atom. The van der Waals surface area contributed by atoms with Crippen LogP contribution < -0.4 is 19.9 Å². The SMILES string of the molecule is COc1cc(S(=O)(=O)NC(=O)c2ccccc2)c(OC)cc1N. The van der Waals surface area contributed by atoms with Crippen molar-refractivity contribution in [1.29, 1.82) is 0 Å². The minimum absolute atomic E-state index is 0.0108. The summed E-state index contributed by atoms with van der Waals surface area (Å²) >= 11 is 0. The van der Waals surface area contributed by atoms with Crippen molar-refractivity contribution in [3.05, 3.63) is 48.0 Å². The molecule has 122 valence electrons. The van der Waals surface area contributed by atoms with Crippen LogP contribution in [0.1, 0.15) is 10.4 Å². The number of amides is 1. The lowest BCUT2D eigenvalue weighted by Gasteiger charge is -2.13. The molecule has 0 aromatic heterocycles. The van der Waals surface area contributed by atoms with Crippen LogP contribution in [0.25, 0.3) is 0 Å². The van der Waals surface area contributed by atoms with Gasteiger partial charge in [0.2, 0.25) is 0 Å². The van der Waals surface area contributed by atoms with Gasteiger partial charge in [-0.1, -0.05) is 18.2 Å². The van der Waals surface area contributed by atoms with Crippen molar-refractivity contribution in [3.63, 3.8) is 0 Å². The fraction of sp³-hybridized carbons (Fsp3) is 0.133. The molecule has 0 spiro atoms. The van der Waals surface area contributed by atoms with Gasteiger partial charge in [-0.05, 0) is 12.1 Å². The van der Waals surface area contributed by atoms with E-state index in [1.165, 1.54) is 38.5 Å². The Balaban J connectivity index is 2.41. The van der Waals surface area contributed by atoms with E-state index in [0.717, 1.165) is 0 Å². The molecule has 0 saturated carbocycles. The van der Waals surface area contributed by atoms with Gasteiger partial charge < -0.3 is 15.2 Å². The predicted molar refractivity (Wildman–Crippen MR) is 85.1 cm³/mol.